The van der Waals surface area contributed by atoms with E-state index in [1.165, 1.54) is 32.1 Å². The number of hydrogen-bond donors (Lipinski definition) is 2. The van der Waals surface area contributed by atoms with Gasteiger partial charge in [0, 0.05) is 6.54 Å². The van der Waals surface area contributed by atoms with Crippen molar-refractivity contribution < 1.29 is 0 Å². The second-order valence-electron chi connectivity index (χ2n) is 6.02. The lowest BCUT2D eigenvalue weighted by Gasteiger charge is -2.25. The van der Waals surface area contributed by atoms with Gasteiger partial charge in [-0.15, -0.1) is 0 Å². The van der Waals surface area contributed by atoms with Gasteiger partial charge in [-0.2, -0.15) is 0 Å². The summed E-state index contributed by atoms with van der Waals surface area (Å²) in [7, 11) is 0. The van der Waals surface area contributed by atoms with Crippen LogP contribution in [-0.2, 0) is 0 Å². The van der Waals surface area contributed by atoms with Crippen molar-refractivity contribution in [3.8, 4) is 0 Å². The van der Waals surface area contributed by atoms with Gasteiger partial charge in [0.15, 0.2) is 5.11 Å². The quantitative estimate of drug-likeness (QED) is 0.522. The first-order valence-corrected chi connectivity index (χ1v) is 7.75. The Bertz CT molecular complexity index is 268. The Morgan fingerprint density at radius 2 is 2.00 bits per heavy atom. The predicted octanol–water partition coefficient (Wildman–Crippen LogP) is 3.41. The fraction of sp³-hybridized carbons (Fsp3) is 0.929. The molecule has 1 fully saturated rings. The molecule has 106 valence electrons. The van der Waals surface area contributed by atoms with Crippen LogP contribution in [0, 0.1) is 5.92 Å². The molecule has 18 heavy (non-hydrogen) atoms. The van der Waals surface area contributed by atoms with Crippen LogP contribution in [0.5, 0.6) is 0 Å². The summed E-state index contributed by atoms with van der Waals surface area (Å²) in [4.78, 5) is 0. The molecule has 0 aliphatic carbocycles. The molecule has 0 spiro atoms. The average molecular weight is 271 g/mol. The fourth-order valence-electron chi connectivity index (χ4n) is 2.25. The minimum atomic E-state index is -0.0399. The van der Waals surface area contributed by atoms with E-state index in [0.717, 1.165) is 18.1 Å². The van der Waals surface area contributed by atoms with E-state index in [1.54, 1.807) is 0 Å². The molecular formula is C14H29N3S. The first kappa shape index (κ1) is 15.7. The number of nitrogens with zero attached hydrogens (tertiary/aromatic N) is 1. The molecule has 1 heterocycles. The van der Waals surface area contributed by atoms with Crippen molar-refractivity contribution in [2.75, 3.05) is 6.54 Å². The van der Waals surface area contributed by atoms with Crippen LogP contribution in [0.3, 0.4) is 0 Å². The second kappa shape index (κ2) is 7.29. The summed E-state index contributed by atoms with van der Waals surface area (Å²) in [6.45, 7) is 9.94. The molecule has 0 amide bonds. The summed E-state index contributed by atoms with van der Waals surface area (Å²) >= 11 is 5.40. The third-order valence-corrected chi connectivity index (χ3v) is 3.79. The van der Waals surface area contributed by atoms with E-state index >= 15 is 0 Å². The molecule has 0 aromatic heterocycles. The zero-order valence-electron chi connectivity index (χ0n) is 12.4. The van der Waals surface area contributed by atoms with E-state index < -0.39 is 0 Å². The Balaban J connectivity index is 2.33. The van der Waals surface area contributed by atoms with Crippen molar-refractivity contribution in [1.82, 2.24) is 15.8 Å². The summed E-state index contributed by atoms with van der Waals surface area (Å²) in [6.07, 6.45) is 7.49. The molecule has 1 aliphatic rings. The highest BCUT2D eigenvalue weighted by Crippen LogP contribution is 2.18. The van der Waals surface area contributed by atoms with Gasteiger partial charge < -0.3 is 5.32 Å². The number of rotatable bonds is 8. The molecule has 0 unspecified atom stereocenters. The third-order valence-electron chi connectivity index (χ3n) is 3.47. The Morgan fingerprint density at radius 3 is 2.61 bits per heavy atom. The van der Waals surface area contributed by atoms with E-state index in [1.807, 2.05) is 0 Å². The maximum absolute atomic E-state index is 5.40. The summed E-state index contributed by atoms with van der Waals surface area (Å²) in [5, 5.41) is 6.39. The van der Waals surface area contributed by atoms with Gasteiger partial charge in [-0.05, 0) is 44.3 Å². The lowest BCUT2D eigenvalue weighted by atomic mass is 10.0. The first-order chi connectivity index (χ1) is 8.47. The number of unbranched alkanes of at least 4 members (excludes halogenated alkanes) is 3. The van der Waals surface area contributed by atoms with E-state index in [2.05, 4.69) is 43.4 Å². The van der Waals surface area contributed by atoms with E-state index in [-0.39, 0.29) is 5.66 Å². The highest BCUT2D eigenvalue weighted by Gasteiger charge is 2.34. The maximum atomic E-state index is 5.40. The molecule has 2 N–H and O–H groups in total. The van der Waals surface area contributed by atoms with Gasteiger partial charge in [-0.1, -0.05) is 40.0 Å². The molecule has 1 rings (SSSR count). The molecule has 0 saturated carbocycles. The van der Waals surface area contributed by atoms with Crippen molar-refractivity contribution in [1.29, 1.82) is 0 Å². The van der Waals surface area contributed by atoms with Crippen LogP contribution in [-0.4, -0.2) is 22.3 Å². The van der Waals surface area contributed by atoms with E-state index in [9.17, 15) is 0 Å². The molecule has 0 bridgehead atoms. The Morgan fingerprint density at radius 1 is 1.28 bits per heavy atom. The van der Waals surface area contributed by atoms with Crippen LogP contribution < -0.4 is 10.7 Å². The van der Waals surface area contributed by atoms with Gasteiger partial charge in [-0.25, -0.2) is 5.43 Å². The molecule has 1 aliphatic heterocycles. The monoisotopic (exact) mass is 271 g/mol. The van der Waals surface area contributed by atoms with Crippen LogP contribution in [0.25, 0.3) is 0 Å². The van der Waals surface area contributed by atoms with Gasteiger partial charge in [0.25, 0.3) is 0 Å². The zero-order valence-corrected chi connectivity index (χ0v) is 13.2. The topological polar surface area (TPSA) is 27.3 Å². The highest BCUT2D eigenvalue weighted by molar-refractivity contribution is 7.80. The Labute approximate surface area is 118 Å². The van der Waals surface area contributed by atoms with Crippen LogP contribution in [0.2, 0.25) is 0 Å². The van der Waals surface area contributed by atoms with Crippen molar-refractivity contribution in [2.45, 2.75) is 71.9 Å². The first-order valence-electron chi connectivity index (χ1n) is 7.34. The number of hydrogen-bond acceptors (Lipinski definition) is 2. The van der Waals surface area contributed by atoms with Crippen molar-refractivity contribution in [3.63, 3.8) is 0 Å². The lowest BCUT2D eigenvalue weighted by molar-refractivity contribution is 0.210. The number of thiocarbonyl (C=S) groups is 1. The Kier molecular flexibility index (Phi) is 6.36. The zero-order chi connectivity index (χ0) is 13.6. The minimum absolute atomic E-state index is 0.0399. The maximum Gasteiger partial charge on any atom is 0.185 e. The molecular weight excluding hydrogens is 242 g/mol. The number of hydrazine groups is 1. The summed E-state index contributed by atoms with van der Waals surface area (Å²) < 4.78 is 0. The summed E-state index contributed by atoms with van der Waals surface area (Å²) in [5.41, 5.74) is 3.49. The number of nitrogens with one attached hydrogen (secondary N) is 2. The van der Waals surface area contributed by atoms with Crippen LogP contribution in [0.4, 0.5) is 0 Å². The molecule has 4 heteroatoms. The molecule has 1 saturated heterocycles. The highest BCUT2D eigenvalue weighted by atomic mass is 32.1. The smallest absolute Gasteiger partial charge is 0.185 e. The largest absolute Gasteiger partial charge is 0.342 e. The SMILES string of the molecule is CCCCCC[C@]1(C)NC(=S)N(CCC(C)C)N1. The lowest BCUT2D eigenvalue weighted by Crippen LogP contribution is -2.48. The average Bonchev–Trinajstić information content (AvgIpc) is 2.58. The van der Waals surface area contributed by atoms with Crippen LogP contribution in [0.15, 0.2) is 0 Å². The van der Waals surface area contributed by atoms with Crippen molar-refractivity contribution >= 4 is 17.3 Å². The second-order valence-corrected chi connectivity index (χ2v) is 6.41. The van der Waals surface area contributed by atoms with Gasteiger partial charge in [0.1, 0.15) is 5.66 Å². The van der Waals surface area contributed by atoms with E-state index in [0.29, 0.717) is 5.92 Å². The Hall–Kier alpha value is -0.350. The molecule has 3 nitrogen and oxygen atoms in total. The molecule has 0 aromatic rings. The van der Waals surface area contributed by atoms with Gasteiger partial charge in [0.2, 0.25) is 0 Å². The third kappa shape index (κ3) is 5.11. The minimum Gasteiger partial charge on any atom is -0.342 e. The molecule has 1 atom stereocenters. The predicted molar refractivity (Wildman–Crippen MR) is 82.2 cm³/mol. The standard InChI is InChI=1S/C14H29N3S/c1-5-6-7-8-10-14(4)15-13(18)17(16-14)11-9-12(2)3/h12,16H,5-11H2,1-4H3,(H,15,18)/t14-/m1/s1. The van der Waals surface area contributed by atoms with Crippen LogP contribution in [0.1, 0.15) is 66.2 Å². The van der Waals surface area contributed by atoms with Gasteiger partial charge in [0.05, 0.1) is 0 Å². The normalized spacial score (nSPS) is 23.8. The van der Waals surface area contributed by atoms with Gasteiger partial charge >= 0.3 is 0 Å². The van der Waals surface area contributed by atoms with E-state index in [4.69, 9.17) is 12.2 Å². The molecule has 0 radical (unpaired) electrons. The molecule has 0 aromatic carbocycles. The van der Waals surface area contributed by atoms with Crippen molar-refractivity contribution in [2.24, 2.45) is 5.92 Å². The van der Waals surface area contributed by atoms with Crippen LogP contribution >= 0.6 is 12.2 Å². The summed E-state index contributed by atoms with van der Waals surface area (Å²) in [6, 6.07) is 0. The summed E-state index contributed by atoms with van der Waals surface area (Å²) in [5.74, 6) is 0.714. The van der Waals surface area contributed by atoms with Crippen molar-refractivity contribution in [3.05, 3.63) is 0 Å². The fourth-order valence-corrected chi connectivity index (χ4v) is 2.61. The van der Waals surface area contributed by atoms with Gasteiger partial charge in [-0.3, -0.25) is 5.01 Å².